The molecule has 0 aliphatic carbocycles. The fraction of sp³-hybridized carbons (Fsp3) is 0. The zero-order chi connectivity index (χ0) is 41.4. The van der Waals surface area contributed by atoms with E-state index in [1.807, 2.05) is 0 Å². The van der Waals surface area contributed by atoms with Gasteiger partial charge in [0.15, 0.2) is 0 Å². The predicted molar refractivity (Wildman–Crippen MR) is 268 cm³/mol. The Bertz CT molecular complexity index is 3830. The molecule has 0 amide bonds. The Morgan fingerprint density at radius 2 is 0.619 bits per heavy atom. The number of furan rings is 1. The predicted octanol–water partition coefficient (Wildman–Crippen LogP) is 17.7. The fourth-order valence-corrected chi connectivity index (χ4v) is 10.5. The molecule has 0 bridgehead atoms. The van der Waals surface area contributed by atoms with Crippen LogP contribution in [0.15, 0.2) is 235 Å². The van der Waals surface area contributed by atoms with Crippen LogP contribution in [0.1, 0.15) is 0 Å². The lowest BCUT2D eigenvalue weighted by Crippen LogP contribution is -1.91. The molecule has 1 heteroatoms. The van der Waals surface area contributed by atoms with E-state index >= 15 is 0 Å². The van der Waals surface area contributed by atoms with E-state index < -0.39 is 0 Å². The van der Waals surface area contributed by atoms with Gasteiger partial charge in [-0.25, -0.2) is 0 Å². The summed E-state index contributed by atoms with van der Waals surface area (Å²) in [4.78, 5) is 0. The van der Waals surface area contributed by atoms with E-state index in [1.165, 1.54) is 104 Å². The van der Waals surface area contributed by atoms with E-state index in [9.17, 15) is 0 Å². The van der Waals surface area contributed by atoms with Crippen molar-refractivity contribution in [2.45, 2.75) is 0 Å². The van der Waals surface area contributed by atoms with Crippen LogP contribution < -0.4 is 0 Å². The summed E-state index contributed by atoms with van der Waals surface area (Å²) in [5.74, 6) is 0. The van der Waals surface area contributed by atoms with Crippen molar-refractivity contribution in [3.8, 4) is 55.6 Å². The fourth-order valence-electron chi connectivity index (χ4n) is 10.5. The van der Waals surface area contributed by atoms with Crippen molar-refractivity contribution in [3.63, 3.8) is 0 Å². The number of para-hydroxylation sites is 1. The van der Waals surface area contributed by atoms with Crippen LogP contribution in [0.25, 0.3) is 131 Å². The van der Waals surface area contributed by atoms with Crippen LogP contribution in [0.2, 0.25) is 0 Å². The summed E-state index contributed by atoms with van der Waals surface area (Å²) in [5, 5.41) is 14.6. The SMILES string of the molecule is c1ccc(-c2c3ccccc3c(-c3cccc4c3oc3ccc(-c5c6ccccc6c(-c6ccc(-c7cccc8ccccc78)cc6)c6ccccc56)cc34)c3ccccc23)cc1. The average molecular weight is 799 g/mol. The van der Waals surface area contributed by atoms with Gasteiger partial charge in [-0.05, 0) is 111 Å². The summed E-state index contributed by atoms with van der Waals surface area (Å²) in [6.07, 6.45) is 0. The van der Waals surface area contributed by atoms with Gasteiger partial charge < -0.3 is 4.42 Å². The molecule has 1 nitrogen and oxygen atoms in total. The van der Waals surface area contributed by atoms with Crippen molar-refractivity contribution in [1.29, 1.82) is 0 Å². The molecule has 0 saturated carbocycles. The zero-order valence-electron chi connectivity index (χ0n) is 34.3. The first-order valence-corrected chi connectivity index (χ1v) is 21.8. The van der Waals surface area contributed by atoms with E-state index in [4.69, 9.17) is 4.42 Å². The smallest absolute Gasteiger partial charge is 0.143 e. The molecule has 0 N–H and O–H groups in total. The minimum absolute atomic E-state index is 0.882. The summed E-state index contributed by atoms with van der Waals surface area (Å²) in [7, 11) is 0. The van der Waals surface area contributed by atoms with Gasteiger partial charge in [-0.3, -0.25) is 0 Å². The van der Waals surface area contributed by atoms with Crippen LogP contribution in [0.3, 0.4) is 0 Å². The van der Waals surface area contributed by atoms with Gasteiger partial charge in [-0.15, -0.1) is 0 Å². The van der Waals surface area contributed by atoms with Crippen molar-refractivity contribution >= 4 is 75.8 Å². The summed E-state index contributed by atoms with van der Waals surface area (Å²) in [6.45, 7) is 0. The highest BCUT2D eigenvalue weighted by Gasteiger charge is 2.22. The molecule has 0 radical (unpaired) electrons. The molecule has 12 aromatic carbocycles. The largest absolute Gasteiger partial charge is 0.455 e. The molecule has 0 saturated heterocycles. The lowest BCUT2D eigenvalue weighted by molar-refractivity contribution is 0.670. The quantitative estimate of drug-likeness (QED) is 0.158. The van der Waals surface area contributed by atoms with Crippen LogP contribution in [0.4, 0.5) is 0 Å². The standard InChI is InChI=1S/C62H38O/c1-2-17-41(18-3-1)58-50-25-10-12-27-52(50)61(53-28-13-11-26-51(53)58)55-31-15-30-54-56-38-43(36-37-57(56)63-62(54)55)60-48-23-8-6-21-46(48)59(47-22-7-9-24-49(47)60)42-34-32-40(33-35-42)45-29-14-19-39-16-4-5-20-44(39)45/h1-38H. The first-order chi connectivity index (χ1) is 31.3. The molecule has 63 heavy (non-hydrogen) atoms. The van der Waals surface area contributed by atoms with E-state index in [-0.39, 0.29) is 0 Å². The number of fused-ring (bicyclic) bond motifs is 8. The molecule has 0 fully saturated rings. The maximum Gasteiger partial charge on any atom is 0.143 e. The second kappa shape index (κ2) is 14.2. The average Bonchev–Trinajstić information content (AvgIpc) is 3.73. The van der Waals surface area contributed by atoms with Crippen molar-refractivity contribution < 1.29 is 4.42 Å². The van der Waals surface area contributed by atoms with E-state index in [0.717, 1.165) is 27.5 Å². The number of hydrogen-bond acceptors (Lipinski definition) is 1. The van der Waals surface area contributed by atoms with Gasteiger partial charge in [-0.2, -0.15) is 0 Å². The molecule has 1 heterocycles. The van der Waals surface area contributed by atoms with Crippen LogP contribution in [0.5, 0.6) is 0 Å². The first kappa shape index (κ1) is 35.5. The van der Waals surface area contributed by atoms with Gasteiger partial charge in [-0.1, -0.05) is 218 Å². The van der Waals surface area contributed by atoms with Crippen LogP contribution in [0, 0.1) is 0 Å². The maximum atomic E-state index is 6.96. The molecular weight excluding hydrogens is 761 g/mol. The summed E-state index contributed by atoms with van der Waals surface area (Å²) in [5.41, 5.74) is 13.9. The first-order valence-electron chi connectivity index (χ1n) is 21.8. The Balaban J connectivity index is 0.996. The lowest BCUT2D eigenvalue weighted by Gasteiger charge is -2.18. The minimum Gasteiger partial charge on any atom is -0.455 e. The number of rotatable bonds is 5. The normalized spacial score (nSPS) is 11.8. The third-order valence-electron chi connectivity index (χ3n) is 13.3. The molecule has 13 aromatic rings. The third-order valence-corrected chi connectivity index (χ3v) is 13.3. The Morgan fingerprint density at radius 3 is 1.21 bits per heavy atom. The molecule has 0 atom stereocenters. The second-order valence-corrected chi connectivity index (χ2v) is 16.6. The monoisotopic (exact) mass is 798 g/mol. The summed E-state index contributed by atoms with van der Waals surface area (Å²) >= 11 is 0. The van der Waals surface area contributed by atoms with Gasteiger partial charge in [0.2, 0.25) is 0 Å². The number of hydrogen-bond donors (Lipinski definition) is 0. The highest BCUT2D eigenvalue weighted by atomic mass is 16.3. The van der Waals surface area contributed by atoms with E-state index in [1.54, 1.807) is 0 Å². The topological polar surface area (TPSA) is 13.1 Å². The third kappa shape index (κ3) is 5.50. The molecule has 13 rings (SSSR count). The number of benzene rings is 12. The highest BCUT2D eigenvalue weighted by Crippen LogP contribution is 2.48. The van der Waals surface area contributed by atoms with Gasteiger partial charge in [0.1, 0.15) is 11.2 Å². The van der Waals surface area contributed by atoms with Crippen molar-refractivity contribution in [2.24, 2.45) is 0 Å². The van der Waals surface area contributed by atoms with Gasteiger partial charge in [0, 0.05) is 21.9 Å². The van der Waals surface area contributed by atoms with Gasteiger partial charge >= 0.3 is 0 Å². The van der Waals surface area contributed by atoms with Crippen molar-refractivity contribution in [1.82, 2.24) is 0 Å². The Morgan fingerprint density at radius 1 is 0.222 bits per heavy atom. The minimum atomic E-state index is 0.882. The van der Waals surface area contributed by atoms with E-state index in [2.05, 4.69) is 231 Å². The molecule has 0 spiro atoms. The molecule has 0 aliphatic heterocycles. The molecule has 0 aliphatic rings. The van der Waals surface area contributed by atoms with Gasteiger partial charge in [0.05, 0.1) is 0 Å². The summed E-state index contributed by atoms with van der Waals surface area (Å²) in [6, 6.07) is 84.1. The second-order valence-electron chi connectivity index (χ2n) is 16.6. The van der Waals surface area contributed by atoms with Crippen LogP contribution >= 0.6 is 0 Å². The Hall–Kier alpha value is -8.26. The Labute approximate surface area is 364 Å². The van der Waals surface area contributed by atoms with Gasteiger partial charge in [0.25, 0.3) is 0 Å². The van der Waals surface area contributed by atoms with Crippen LogP contribution in [-0.4, -0.2) is 0 Å². The maximum absolute atomic E-state index is 6.96. The van der Waals surface area contributed by atoms with Crippen molar-refractivity contribution in [3.05, 3.63) is 231 Å². The molecule has 292 valence electrons. The lowest BCUT2D eigenvalue weighted by atomic mass is 9.85. The molecule has 1 aromatic heterocycles. The van der Waals surface area contributed by atoms with Crippen molar-refractivity contribution in [2.75, 3.05) is 0 Å². The molecular formula is C62H38O. The Kier molecular flexibility index (Phi) is 7.98. The molecule has 0 unspecified atom stereocenters. The zero-order valence-corrected chi connectivity index (χ0v) is 34.3. The van der Waals surface area contributed by atoms with Crippen LogP contribution in [-0.2, 0) is 0 Å². The van der Waals surface area contributed by atoms with E-state index in [0.29, 0.717) is 0 Å². The highest BCUT2D eigenvalue weighted by molar-refractivity contribution is 6.25. The summed E-state index contributed by atoms with van der Waals surface area (Å²) < 4.78 is 6.96.